The van der Waals surface area contributed by atoms with Crippen LogP contribution in [0.5, 0.6) is 0 Å². The molecule has 1 aliphatic heterocycles. The van der Waals surface area contributed by atoms with E-state index >= 15 is 0 Å². The number of carbonyl (C=O) groups excluding carboxylic acids is 2. The molecular weight excluding hydrogens is 517 g/mol. The smallest absolute Gasteiger partial charge is 0.253 e. The Hall–Kier alpha value is -2.95. The highest BCUT2D eigenvalue weighted by molar-refractivity contribution is 5.95. The van der Waals surface area contributed by atoms with Crippen molar-refractivity contribution >= 4 is 59.7 Å². The molecule has 2 heterocycles. The Morgan fingerprint density at radius 2 is 1.51 bits per heavy atom. The van der Waals surface area contributed by atoms with Crippen LogP contribution in [0.4, 0.5) is 0 Å². The maximum atomic E-state index is 12.7. The molecule has 2 aromatic carbocycles. The molecule has 2 amide bonds. The largest absolute Gasteiger partial charge is 0.395 e. The number of carbonyl (C=O) groups is 2. The van der Waals surface area contributed by atoms with Crippen LogP contribution < -0.4 is 5.32 Å². The molecule has 3 aromatic rings. The van der Waals surface area contributed by atoms with E-state index in [1.807, 2.05) is 60.7 Å². The van der Waals surface area contributed by atoms with Crippen LogP contribution in [0.2, 0.25) is 0 Å². The lowest BCUT2D eigenvalue weighted by Crippen LogP contribution is -2.50. The minimum absolute atomic E-state index is 0. The van der Waals surface area contributed by atoms with Gasteiger partial charge in [0, 0.05) is 57.1 Å². The summed E-state index contributed by atoms with van der Waals surface area (Å²) in [4.78, 5) is 27.7. The number of para-hydroxylation sites is 1. The molecule has 202 valence electrons. The van der Waals surface area contributed by atoms with Crippen LogP contribution in [0, 0.1) is 0 Å². The van der Waals surface area contributed by atoms with Crippen LogP contribution in [0.3, 0.4) is 0 Å². The number of nitrogens with zero attached hydrogens (tertiary/aromatic N) is 3. The molecule has 37 heavy (non-hydrogen) atoms. The zero-order chi connectivity index (χ0) is 25.0. The summed E-state index contributed by atoms with van der Waals surface area (Å²) in [5, 5.41) is 27.5. The molecule has 0 saturated carbocycles. The number of aromatic nitrogens is 2. The molecule has 1 saturated heterocycles. The van der Waals surface area contributed by atoms with Gasteiger partial charge in [0.15, 0.2) is 0 Å². The molecule has 9 nitrogen and oxygen atoms in total. The standard InChI is InChI=1S/C22H22N4O2.C4H11NO2.2ClH/c1-16(27)25-12-14-26(15-13-25)22(28)18-9-6-17(7-10-18)8-11-21-19-4-2-3-5-20(19)23-24-21;6-3-1-5-2-4-7;;/h2-11H,12-15H2,1H3,(H,23,24);5-7H,1-4H2;2*1H. The lowest BCUT2D eigenvalue weighted by atomic mass is 10.1. The van der Waals surface area contributed by atoms with Gasteiger partial charge in [-0.15, -0.1) is 24.8 Å². The van der Waals surface area contributed by atoms with Crippen molar-refractivity contribution in [3.63, 3.8) is 0 Å². The molecule has 0 radical (unpaired) electrons. The number of nitrogens with one attached hydrogen (secondary N) is 2. The Kier molecular flexibility index (Phi) is 14.5. The highest BCUT2D eigenvalue weighted by atomic mass is 35.5. The normalized spacial score (nSPS) is 12.9. The topological polar surface area (TPSA) is 122 Å². The number of H-pyrrole nitrogens is 1. The molecular formula is C26H35Cl2N5O4. The number of aromatic amines is 1. The number of aliphatic hydroxyl groups is 2. The Morgan fingerprint density at radius 1 is 0.919 bits per heavy atom. The van der Waals surface area contributed by atoms with Crippen LogP contribution in [0.25, 0.3) is 23.1 Å². The highest BCUT2D eigenvalue weighted by Crippen LogP contribution is 2.18. The van der Waals surface area contributed by atoms with E-state index in [2.05, 4.69) is 15.5 Å². The average Bonchev–Trinajstić information content (AvgIpc) is 3.31. The fourth-order valence-corrected chi connectivity index (χ4v) is 3.71. The first kappa shape index (κ1) is 32.1. The van der Waals surface area contributed by atoms with Gasteiger partial charge in [-0.2, -0.15) is 5.10 Å². The van der Waals surface area contributed by atoms with E-state index in [1.165, 1.54) is 0 Å². The van der Waals surface area contributed by atoms with Crippen molar-refractivity contribution in [2.45, 2.75) is 6.92 Å². The Labute approximate surface area is 229 Å². The molecule has 0 atom stereocenters. The predicted molar refractivity (Wildman–Crippen MR) is 151 cm³/mol. The van der Waals surface area contributed by atoms with Gasteiger partial charge in [0.2, 0.25) is 5.91 Å². The van der Waals surface area contributed by atoms with Crippen molar-refractivity contribution in [1.82, 2.24) is 25.3 Å². The van der Waals surface area contributed by atoms with Crippen molar-refractivity contribution in [1.29, 1.82) is 0 Å². The van der Waals surface area contributed by atoms with Crippen LogP contribution in [-0.2, 0) is 4.79 Å². The summed E-state index contributed by atoms with van der Waals surface area (Å²) in [5.41, 5.74) is 3.57. The van der Waals surface area contributed by atoms with Crippen molar-refractivity contribution in [3.8, 4) is 0 Å². The van der Waals surface area contributed by atoms with E-state index in [4.69, 9.17) is 10.2 Å². The van der Waals surface area contributed by atoms with Gasteiger partial charge in [-0.1, -0.05) is 36.4 Å². The van der Waals surface area contributed by atoms with Crippen LogP contribution in [-0.4, -0.2) is 94.5 Å². The summed E-state index contributed by atoms with van der Waals surface area (Å²) >= 11 is 0. The Morgan fingerprint density at radius 3 is 2.11 bits per heavy atom. The van der Waals surface area contributed by atoms with Gasteiger partial charge >= 0.3 is 0 Å². The quantitative estimate of drug-likeness (QED) is 0.334. The van der Waals surface area contributed by atoms with Crippen molar-refractivity contribution in [2.75, 3.05) is 52.5 Å². The predicted octanol–water partition coefficient (Wildman–Crippen LogP) is 2.44. The second kappa shape index (κ2) is 16.7. The molecule has 0 aliphatic carbocycles. The van der Waals surface area contributed by atoms with Crippen molar-refractivity contribution in [3.05, 3.63) is 65.4 Å². The van der Waals surface area contributed by atoms with E-state index < -0.39 is 0 Å². The number of piperazine rings is 1. The third-order valence-corrected chi connectivity index (χ3v) is 5.68. The molecule has 0 unspecified atom stereocenters. The lowest BCUT2D eigenvalue weighted by molar-refractivity contribution is -0.130. The van der Waals surface area contributed by atoms with Gasteiger partial charge in [-0.3, -0.25) is 14.7 Å². The second-order valence-electron chi connectivity index (χ2n) is 8.11. The van der Waals surface area contributed by atoms with Crippen molar-refractivity contribution in [2.24, 2.45) is 0 Å². The number of hydrogen-bond acceptors (Lipinski definition) is 6. The summed E-state index contributed by atoms with van der Waals surface area (Å²) in [7, 11) is 0. The number of aliphatic hydroxyl groups excluding tert-OH is 2. The van der Waals surface area contributed by atoms with Crippen molar-refractivity contribution < 1.29 is 19.8 Å². The van der Waals surface area contributed by atoms with Gasteiger partial charge in [0.25, 0.3) is 5.91 Å². The Balaban J connectivity index is 0.000000674. The lowest BCUT2D eigenvalue weighted by Gasteiger charge is -2.34. The molecule has 1 aromatic heterocycles. The first-order valence-corrected chi connectivity index (χ1v) is 11.7. The molecule has 1 aliphatic rings. The van der Waals surface area contributed by atoms with Crippen LogP contribution in [0.15, 0.2) is 48.5 Å². The monoisotopic (exact) mass is 551 g/mol. The molecule has 4 N–H and O–H groups in total. The number of amides is 2. The van der Waals surface area contributed by atoms with E-state index in [0.717, 1.165) is 22.2 Å². The van der Waals surface area contributed by atoms with Gasteiger partial charge in [0.1, 0.15) is 0 Å². The minimum Gasteiger partial charge on any atom is -0.395 e. The second-order valence-corrected chi connectivity index (χ2v) is 8.11. The summed E-state index contributed by atoms with van der Waals surface area (Å²) in [6.07, 6.45) is 3.96. The Bertz CT molecular complexity index is 1130. The van der Waals surface area contributed by atoms with E-state index in [-0.39, 0.29) is 49.8 Å². The summed E-state index contributed by atoms with van der Waals surface area (Å²) in [6.45, 7) is 5.33. The summed E-state index contributed by atoms with van der Waals surface area (Å²) < 4.78 is 0. The zero-order valence-electron chi connectivity index (χ0n) is 20.8. The SMILES string of the molecule is CC(=O)N1CCN(C(=O)c2ccc(C=Cc3n[nH]c4ccccc34)cc2)CC1.Cl.Cl.OCCNCCO. The van der Waals surface area contributed by atoms with Crippen LogP contribution in [0.1, 0.15) is 28.5 Å². The van der Waals surface area contributed by atoms with Gasteiger partial charge in [0.05, 0.1) is 24.4 Å². The van der Waals surface area contributed by atoms with Gasteiger partial charge < -0.3 is 25.3 Å². The molecule has 1 fully saturated rings. The fourth-order valence-electron chi connectivity index (χ4n) is 3.71. The number of hydrogen-bond donors (Lipinski definition) is 4. The first-order valence-electron chi connectivity index (χ1n) is 11.7. The number of fused-ring (bicyclic) bond motifs is 1. The molecule has 4 rings (SSSR count). The molecule has 11 heteroatoms. The zero-order valence-corrected chi connectivity index (χ0v) is 22.4. The number of benzene rings is 2. The minimum atomic E-state index is 0. The van der Waals surface area contributed by atoms with Crippen LogP contribution >= 0.6 is 24.8 Å². The summed E-state index contributed by atoms with van der Waals surface area (Å²) in [5.74, 6) is 0.0740. The molecule has 0 spiro atoms. The first-order chi connectivity index (χ1) is 17.0. The maximum absolute atomic E-state index is 12.7. The van der Waals surface area contributed by atoms with Gasteiger partial charge in [-0.05, 0) is 29.8 Å². The van der Waals surface area contributed by atoms with E-state index in [1.54, 1.807) is 16.7 Å². The third-order valence-electron chi connectivity index (χ3n) is 5.68. The maximum Gasteiger partial charge on any atom is 0.253 e. The number of rotatable bonds is 7. The van der Waals surface area contributed by atoms with E-state index in [9.17, 15) is 9.59 Å². The highest BCUT2D eigenvalue weighted by Gasteiger charge is 2.23. The fraction of sp³-hybridized carbons (Fsp3) is 0.346. The van der Waals surface area contributed by atoms with Gasteiger partial charge in [-0.25, -0.2) is 0 Å². The number of halogens is 2. The third kappa shape index (κ3) is 9.46. The summed E-state index contributed by atoms with van der Waals surface area (Å²) in [6, 6.07) is 15.6. The van der Waals surface area contributed by atoms with E-state index in [0.29, 0.717) is 44.8 Å². The average molecular weight is 553 g/mol. The molecule has 0 bridgehead atoms.